The second-order valence-corrected chi connectivity index (χ2v) is 4.90. The summed E-state index contributed by atoms with van der Waals surface area (Å²) < 4.78 is 0. The van der Waals surface area contributed by atoms with Crippen molar-refractivity contribution >= 4 is 0 Å². The summed E-state index contributed by atoms with van der Waals surface area (Å²) in [6, 6.07) is 0.662. The van der Waals surface area contributed by atoms with Crippen molar-refractivity contribution in [2.24, 2.45) is 11.3 Å². The molecule has 0 spiro atoms. The van der Waals surface area contributed by atoms with Crippen LogP contribution in [0.15, 0.2) is 0 Å². The van der Waals surface area contributed by atoms with E-state index in [1.807, 2.05) is 0 Å². The zero-order chi connectivity index (χ0) is 9.07. The summed E-state index contributed by atoms with van der Waals surface area (Å²) >= 11 is 0. The smallest absolute Gasteiger partial charge is 0.00920 e. The third-order valence-electron chi connectivity index (χ3n) is 2.01. The Balaban J connectivity index is 3.88. The lowest BCUT2D eigenvalue weighted by Crippen LogP contribution is -2.34. The maximum Gasteiger partial charge on any atom is 0.00920 e. The first-order chi connectivity index (χ1) is 4.87. The summed E-state index contributed by atoms with van der Waals surface area (Å²) in [6.07, 6.45) is 1.25. The van der Waals surface area contributed by atoms with Crippen molar-refractivity contribution in [2.75, 3.05) is 7.05 Å². The molecular weight excluding hydrogens is 134 g/mol. The Morgan fingerprint density at radius 3 is 1.73 bits per heavy atom. The van der Waals surface area contributed by atoms with E-state index < -0.39 is 0 Å². The molecule has 11 heavy (non-hydrogen) atoms. The predicted molar refractivity (Wildman–Crippen MR) is 51.8 cm³/mol. The number of nitrogens with one attached hydrogen (secondary N) is 1. The van der Waals surface area contributed by atoms with Gasteiger partial charge >= 0.3 is 0 Å². The molecule has 0 saturated heterocycles. The van der Waals surface area contributed by atoms with Crippen LogP contribution < -0.4 is 5.32 Å². The monoisotopic (exact) mass is 157 g/mol. The van der Waals surface area contributed by atoms with Gasteiger partial charge in [0.05, 0.1) is 0 Å². The zero-order valence-electron chi connectivity index (χ0n) is 8.86. The van der Waals surface area contributed by atoms with Crippen molar-refractivity contribution in [3.8, 4) is 0 Å². The molecule has 1 heteroatoms. The van der Waals surface area contributed by atoms with E-state index in [1.54, 1.807) is 0 Å². The molecule has 0 rings (SSSR count). The lowest BCUT2D eigenvalue weighted by molar-refractivity contribution is 0.274. The molecule has 0 fully saturated rings. The van der Waals surface area contributed by atoms with E-state index in [0.717, 1.165) is 5.92 Å². The second kappa shape index (κ2) is 4.10. The second-order valence-electron chi connectivity index (χ2n) is 4.90. The summed E-state index contributed by atoms with van der Waals surface area (Å²) in [5, 5.41) is 3.36. The Labute approximate surface area is 71.6 Å². The highest BCUT2D eigenvalue weighted by Gasteiger charge is 2.19. The average molecular weight is 157 g/mol. The third-order valence-corrected chi connectivity index (χ3v) is 2.01. The fraction of sp³-hybridized carbons (Fsp3) is 1.00. The van der Waals surface area contributed by atoms with Gasteiger partial charge < -0.3 is 5.32 Å². The van der Waals surface area contributed by atoms with Crippen LogP contribution in [0.1, 0.15) is 41.0 Å². The summed E-state index contributed by atoms with van der Waals surface area (Å²) in [5.41, 5.74) is 0.442. The van der Waals surface area contributed by atoms with Gasteiger partial charge in [-0.15, -0.1) is 0 Å². The van der Waals surface area contributed by atoms with Gasteiger partial charge in [-0.3, -0.25) is 0 Å². The van der Waals surface area contributed by atoms with Gasteiger partial charge in [0.2, 0.25) is 0 Å². The Kier molecular flexibility index (Phi) is 4.09. The first-order valence-corrected chi connectivity index (χ1v) is 4.54. The van der Waals surface area contributed by atoms with Gasteiger partial charge in [-0.25, -0.2) is 0 Å². The molecule has 0 aliphatic carbocycles. The molecule has 1 nitrogen and oxygen atoms in total. The minimum Gasteiger partial charge on any atom is -0.317 e. The van der Waals surface area contributed by atoms with E-state index in [9.17, 15) is 0 Å². The quantitative estimate of drug-likeness (QED) is 0.664. The maximum atomic E-state index is 3.36. The Hall–Kier alpha value is -0.0400. The van der Waals surface area contributed by atoms with Crippen LogP contribution in [0.5, 0.6) is 0 Å². The van der Waals surface area contributed by atoms with Gasteiger partial charge in [0, 0.05) is 6.04 Å². The molecule has 0 bridgehead atoms. The van der Waals surface area contributed by atoms with Crippen molar-refractivity contribution in [2.45, 2.75) is 47.1 Å². The van der Waals surface area contributed by atoms with Crippen LogP contribution in [0.25, 0.3) is 0 Å². The van der Waals surface area contributed by atoms with Crippen molar-refractivity contribution < 1.29 is 0 Å². The SMILES string of the molecule is CNC(CC(C)(C)C)C(C)C. The van der Waals surface area contributed by atoms with Crippen molar-refractivity contribution in [1.82, 2.24) is 5.32 Å². The van der Waals surface area contributed by atoms with E-state index in [4.69, 9.17) is 0 Å². The van der Waals surface area contributed by atoms with E-state index in [2.05, 4.69) is 47.0 Å². The highest BCUT2D eigenvalue weighted by atomic mass is 14.9. The molecule has 0 aromatic rings. The summed E-state index contributed by atoms with van der Waals surface area (Å²) in [4.78, 5) is 0. The first kappa shape index (κ1) is 11.0. The van der Waals surface area contributed by atoms with Crippen LogP contribution in [-0.4, -0.2) is 13.1 Å². The number of hydrogen-bond acceptors (Lipinski definition) is 1. The van der Waals surface area contributed by atoms with E-state index in [1.165, 1.54) is 6.42 Å². The molecule has 0 aliphatic rings. The molecule has 1 N–H and O–H groups in total. The lowest BCUT2D eigenvalue weighted by atomic mass is 9.84. The van der Waals surface area contributed by atoms with E-state index in [-0.39, 0.29) is 0 Å². The molecule has 0 heterocycles. The fourth-order valence-corrected chi connectivity index (χ4v) is 1.33. The van der Waals surface area contributed by atoms with Gasteiger partial charge in [0.1, 0.15) is 0 Å². The standard InChI is InChI=1S/C10H23N/c1-8(2)9(11-6)7-10(3,4)5/h8-9,11H,7H2,1-6H3. The predicted octanol–water partition coefficient (Wildman–Crippen LogP) is 2.67. The minimum atomic E-state index is 0.442. The number of rotatable bonds is 3. The van der Waals surface area contributed by atoms with Crippen LogP contribution in [-0.2, 0) is 0 Å². The van der Waals surface area contributed by atoms with Gasteiger partial charge in [0.15, 0.2) is 0 Å². The molecule has 68 valence electrons. The van der Waals surface area contributed by atoms with E-state index in [0.29, 0.717) is 11.5 Å². The largest absolute Gasteiger partial charge is 0.317 e. The van der Waals surface area contributed by atoms with Gasteiger partial charge in [0.25, 0.3) is 0 Å². The first-order valence-electron chi connectivity index (χ1n) is 4.54. The maximum absolute atomic E-state index is 3.36. The van der Waals surface area contributed by atoms with Crippen LogP contribution in [0.3, 0.4) is 0 Å². The minimum absolute atomic E-state index is 0.442. The average Bonchev–Trinajstić information content (AvgIpc) is 1.80. The molecule has 0 aromatic heterocycles. The number of hydrogen-bond donors (Lipinski definition) is 1. The third kappa shape index (κ3) is 5.25. The summed E-state index contributed by atoms with van der Waals surface area (Å²) in [5.74, 6) is 0.735. The van der Waals surface area contributed by atoms with Crippen LogP contribution in [0, 0.1) is 11.3 Å². The summed E-state index contributed by atoms with van der Waals surface area (Å²) in [7, 11) is 2.05. The van der Waals surface area contributed by atoms with Gasteiger partial charge in [-0.05, 0) is 24.8 Å². The highest BCUT2D eigenvalue weighted by Crippen LogP contribution is 2.23. The van der Waals surface area contributed by atoms with Crippen molar-refractivity contribution in [3.63, 3.8) is 0 Å². The molecule has 0 aromatic carbocycles. The van der Waals surface area contributed by atoms with Gasteiger partial charge in [-0.2, -0.15) is 0 Å². The van der Waals surface area contributed by atoms with E-state index >= 15 is 0 Å². The molecule has 0 saturated carbocycles. The Bertz CT molecular complexity index is 99.9. The molecule has 1 unspecified atom stereocenters. The van der Waals surface area contributed by atoms with Gasteiger partial charge in [-0.1, -0.05) is 34.6 Å². The lowest BCUT2D eigenvalue weighted by Gasteiger charge is -2.28. The molecule has 1 atom stereocenters. The topological polar surface area (TPSA) is 12.0 Å². The summed E-state index contributed by atoms with van der Waals surface area (Å²) in [6.45, 7) is 11.4. The highest BCUT2D eigenvalue weighted by molar-refractivity contribution is 4.75. The normalized spacial score (nSPS) is 15.5. The molecule has 0 radical (unpaired) electrons. The molecule has 0 aliphatic heterocycles. The van der Waals surface area contributed by atoms with Crippen molar-refractivity contribution in [3.05, 3.63) is 0 Å². The molecular formula is C10H23N. The Morgan fingerprint density at radius 1 is 1.18 bits per heavy atom. The van der Waals surface area contributed by atoms with Crippen LogP contribution >= 0.6 is 0 Å². The fourth-order valence-electron chi connectivity index (χ4n) is 1.33. The zero-order valence-corrected chi connectivity index (χ0v) is 8.86. The van der Waals surface area contributed by atoms with Crippen LogP contribution in [0.4, 0.5) is 0 Å². The Morgan fingerprint density at radius 2 is 1.64 bits per heavy atom. The van der Waals surface area contributed by atoms with Crippen molar-refractivity contribution in [1.29, 1.82) is 0 Å². The van der Waals surface area contributed by atoms with Crippen LogP contribution in [0.2, 0.25) is 0 Å². The molecule has 0 amide bonds.